The number of benzene rings is 1. The smallest absolute Gasteiger partial charge is 0.253 e. The molecule has 1 aliphatic carbocycles. The Morgan fingerprint density at radius 2 is 2.31 bits per heavy atom. The van der Waals surface area contributed by atoms with Crippen molar-refractivity contribution >= 4 is 24.9 Å². The Labute approximate surface area is 99.4 Å². The van der Waals surface area contributed by atoms with Gasteiger partial charge in [-0.15, -0.1) is 12.6 Å². The molecule has 0 fully saturated rings. The molecule has 0 radical (unpaired) electrons. The van der Waals surface area contributed by atoms with Crippen LogP contribution in [0.5, 0.6) is 0 Å². The van der Waals surface area contributed by atoms with Gasteiger partial charge in [0.1, 0.15) is 5.54 Å². The number of aliphatic imine (C=N–C) groups is 1. The van der Waals surface area contributed by atoms with Gasteiger partial charge in [0.15, 0.2) is 0 Å². The minimum absolute atomic E-state index is 0.0303. The zero-order chi connectivity index (χ0) is 11.2. The molecule has 2 aliphatic rings. The summed E-state index contributed by atoms with van der Waals surface area (Å²) in [6, 6.07) is 6.05. The highest BCUT2D eigenvalue weighted by atomic mass is 32.1. The minimum atomic E-state index is -0.547. The number of hydrogen-bond acceptors (Lipinski definition) is 3. The standard InChI is InChI=1S/C12H12N2OS/c15-11-12(14-7-13-11)5-4-9-8(6-12)2-1-3-10(9)16/h1-3,7,16H,4-6H2,(H,13,14,15). The third-order valence-electron chi connectivity index (χ3n) is 3.45. The third-order valence-corrected chi connectivity index (χ3v) is 3.87. The fraction of sp³-hybridized carbons (Fsp3) is 0.333. The van der Waals surface area contributed by atoms with Gasteiger partial charge in [0.05, 0.1) is 6.34 Å². The number of fused-ring (bicyclic) bond motifs is 1. The maximum absolute atomic E-state index is 11.8. The zero-order valence-electron chi connectivity index (χ0n) is 8.73. The molecule has 1 heterocycles. The second-order valence-corrected chi connectivity index (χ2v) is 4.84. The summed E-state index contributed by atoms with van der Waals surface area (Å²) in [5, 5.41) is 2.68. The van der Waals surface area contributed by atoms with Crippen molar-refractivity contribution < 1.29 is 4.79 Å². The summed E-state index contributed by atoms with van der Waals surface area (Å²) >= 11 is 4.45. The second kappa shape index (κ2) is 3.35. The van der Waals surface area contributed by atoms with E-state index in [0.717, 1.165) is 17.7 Å². The van der Waals surface area contributed by atoms with Gasteiger partial charge in [0.2, 0.25) is 0 Å². The van der Waals surface area contributed by atoms with Crippen LogP contribution in [-0.4, -0.2) is 17.8 Å². The van der Waals surface area contributed by atoms with Crippen LogP contribution in [0.25, 0.3) is 0 Å². The monoisotopic (exact) mass is 232 g/mol. The predicted molar refractivity (Wildman–Crippen MR) is 65.1 cm³/mol. The van der Waals surface area contributed by atoms with Crippen LogP contribution in [-0.2, 0) is 17.6 Å². The van der Waals surface area contributed by atoms with Crippen molar-refractivity contribution in [3.63, 3.8) is 0 Å². The molecule has 0 saturated heterocycles. The minimum Gasteiger partial charge on any atom is -0.315 e. The molecule has 1 aliphatic heterocycles. The number of nitrogens with zero attached hydrogens (tertiary/aromatic N) is 1. The first-order valence-corrected chi connectivity index (χ1v) is 5.80. The summed E-state index contributed by atoms with van der Waals surface area (Å²) in [4.78, 5) is 17.1. The molecule has 3 rings (SSSR count). The Kier molecular flexibility index (Phi) is 2.07. The van der Waals surface area contributed by atoms with E-state index in [0.29, 0.717) is 6.42 Å². The summed E-state index contributed by atoms with van der Waals surface area (Å²) in [6.45, 7) is 0. The summed E-state index contributed by atoms with van der Waals surface area (Å²) in [5.74, 6) is 0.0303. The van der Waals surface area contributed by atoms with Crippen LogP contribution in [0, 0.1) is 0 Å². The van der Waals surface area contributed by atoms with Crippen molar-refractivity contribution in [1.82, 2.24) is 5.32 Å². The van der Waals surface area contributed by atoms with Gasteiger partial charge in [0, 0.05) is 11.3 Å². The number of hydrogen-bond donors (Lipinski definition) is 2. The van der Waals surface area contributed by atoms with E-state index >= 15 is 0 Å². The molecule has 1 N–H and O–H groups in total. The molecule has 4 heteroatoms. The first kappa shape index (κ1) is 9.90. The Bertz CT molecular complexity index is 498. The summed E-state index contributed by atoms with van der Waals surface area (Å²) in [5.41, 5.74) is 1.92. The third kappa shape index (κ3) is 1.29. The van der Waals surface area contributed by atoms with Crippen molar-refractivity contribution in [1.29, 1.82) is 0 Å². The van der Waals surface area contributed by atoms with E-state index in [9.17, 15) is 4.79 Å². The highest BCUT2D eigenvalue weighted by molar-refractivity contribution is 7.80. The lowest BCUT2D eigenvalue weighted by atomic mass is 9.78. The summed E-state index contributed by atoms with van der Waals surface area (Å²) in [7, 11) is 0. The van der Waals surface area contributed by atoms with E-state index in [1.165, 1.54) is 17.5 Å². The lowest BCUT2D eigenvalue weighted by Gasteiger charge is -2.30. The number of amides is 1. The van der Waals surface area contributed by atoms with Crippen molar-refractivity contribution in [2.45, 2.75) is 29.7 Å². The molecule has 0 aromatic heterocycles. The van der Waals surface area contributed by atoms with Crippen molar-refractivity contribution in [3.05, 3.63) is 29.3 Å². The Morgan fingerprint density at radius 3 is 3.06 bits per heavy atom. The first-order chi connectivity index (χ1) is 7.71. The van der Waals surface area contributed by atoms with Crippen LogP contribution >= 0.6 is 12.6 Å². The summed E-state index contributed by atoms with van der Waals surface area (Å²) in [6.07, 6.45) is 3.87. The lowest BCUT2D eigenvalue weighted by molar-refractivity contribution is -0.124. The van der Waals surface area contributed by atoms with Crippen molar-refractivity contribution in [2.75, 3.05) is 0 Å². The Hall–Kier alpha value is -1.29. The highest BCUT2D eigenvalue weighted by Crippen LogP contribution is 2.35. The molecule has 1 aromatic rings. The summed E-state index contributed by atoms with van der Waals surface area (Å²) < 4.78 is 0. The van der Waals surface area contributed by atoms with Gasteiger partial charge in [0.25, 0.3) is 5.91 Å². The molecular formula is C12H12N2OS. The van der Waals surface area contributed by atoms with Crippen molar-refractivity contribution in [3.8, 4) is 0 Å². The normalized spacial score (nSPS) is 26.9. The SMILES string of the molecule is O=C1NC=NC12CCc1c(S)cccc1C2. The van der Waals surface area contributed by atoms with Crippen LogP contribution in [0.15, 0.2) is 28.1 Å². The average molecular weight is 232 g/mol. The number of thiol groups is 1. The number of carbonyl (C=O) groups is 1. The van der Waals surface area contributed by atoms with Gasteiger partial charge in [-0.25, -0.2) is 0 Å². The highest BCUT2D eigenvalue weighted by Gasteiger charge is 2.43. The number of carbonyl (C=O) groups excluding carboxylic acids is 1. The molecule has 1 aromatic carbocycles. The maximum atomic E-state index is 11.8. The van der Waals surface area contributed by atoms with Gasteiger partial charge in [-0.3, -0.25) is 9.79 Å². The van der Waals surface area contributed by atoms with E-state index in [-0.39, 0.29) is 5.91 Å². The Balaban J connectivity index is 2.04. The average Bonchev–Trinajstić information content (AvgIpc) is 2.60. The van der Waals surface area contributed by atoms with Gasteiger partial charge in [-0.05, 0) is 30.0 Å². The molecular weight excluding hydrogens is 220 g/mol. The van der Waals surface area contributed by atoms with E-state index < -0.39 is 5.54 Å². The molecule has 16 heavy (non-hydrogen) atoms. The fourth-order valence-corrected chi connectivity index (χ4v) is 2.86. The van der Waals surface area contributed by atoms with Crippen LogP contribution in [0.1, 0.15) is 17.5 Å². The van der Waals surface area contributed by atoms with E-state index in [4.69, 9.17) is 0 Å². The van der Waals surface area contributed by atoms with E-state index in [1.54, 1.807) is 0 Å². The predicted octanol–water partition coefficient (Wildman–Crippen LogP) is 1.36. The number of rotatable bonds is 0. The van der Waals surface area contributed by atoms with Crippen LogP contribution in [0.2, 0.25) is 0 Å². The zero-order valence-corrected chi connectivity index (χ0v) is 9.63. The van der Waals surface area contributed by atoms with Gasteiger partial charge in [-0.1, -0.05) is 12.1 Å². The largest absolute Gasteiger partial charge is 0.315 e. The fourth-order valence-electron chi connectivity index (χ4n) is 2.52. The lowest BCUT2D eigenvalue weighted by Crippen LogP contribution is -2.43. The second-order valence-electron chi connectivity index (χ2n) is 4.35. The first-order valence-electron chi connectivity index (χ1n) is 5.36. The van der Waals surface area contributed by atoms with Gasteiger partial charge >= 0.3 is 0 Å². The maximum Gasteiger partial charge on any atom is 0.253 e. The van der Waals surface area contributed by atoms with Gasteiger partial charge in [-0.2, -0.15) is 0 Å². The quantitative estimate of drug-likeness (QED) is 0.652. The Morgan fingerprint density at radius 1 is 1.44 bits per heavy atom. The van der Waals surface area contributed by atoms with Crippen LogP contribution < -0.4 is 5.32 Å². The molecule has 1 amide bonds. The molecule has 0 saturated carbocycles. The van der Waals surface area contributed by atoms with E-state index in [1.807, 2.05) is 12.1 Å². The molecule has 0 bridgehead atoms. The molecule has 1 atom stereocenters. The molecule has 82 valence electrons. The van der Waals surface area contributed by atoms with Gasteiger partial charge < -0.3 is 5.32 Å². The van der Waals surface area contributed by atoms with Crippen LogP contribution in [0.3, 0.4) is 0 Å². The van der Waals surface area contributed by atoms with Crippen molar-refractivity contribution in [2.24, 2.45) is 4.99 Å². The topological polar surface area (TPSA) is 41.5 Å². The molecule has 1 spiro atoms. The molecule has 3 nitrogen and oxygen atoms in total. The number of nitrogens with one attached hydrogen (secondary N) is 1. The van der Waals surface area contributed by atoms with Crippen LogP contribution in [0.4, 0.5) is 0 Å². The molecule has 1 unspecified atom stereocenters. The van der Waals surface area contributed by atoms with E-state index in [2.05, 4.69) is 29.0 Å².